The number of amides is 1. The molecule has 1 unspecified atom stereocenters. The highest BCUT2D eigenvalue weighted by Gasteiger charge is 2.51. The number of methoxy groups -OCH3 is 1. The molecule has 0 saturated heterocycles. The van der Waals surface area contributed by atoms with Crippen LogP contribution in [-0.4, -0.2) is 31.0 Å². The summed E-state index contributed by atoms with van der Waals surface area (Å²) in [6, 6.07) is 0. The predicted molar refractivity (Wildman–Crippen MR) is 82.8 cm³/mol. The Morgan fingerprint density at radius 1 is 1.25 bits per heavy atom. The molecule has 0 spiro atoms. The molecule has 4 fully saturated rings. The van der Waals surface area contributed by atoms with Crippen molar-refractivity contribution in [1.82, 2.24) is 5.32 Å². The first kappa shape index (κ1) is 14.8. The van der Waals surface area contributed by atoms with E-state index in [0.717, 1.165) is 24.2 Å². The first-order chi connectivity index (χ1) is 9.58. The van der Waals surface area contributed by atoms with Crippen LogP contribution in [0.2, 0.25) is 0 Å². The van der Waals surface area contributed by atoms with Crippen LogP contribution in [0.25, 0.3) is 0 Å². The summed E-state index contributed by atoms with van der Waals surface area (Å²) in [6.07, 6.45) is 9.00. The smallest absolute Gasteiger partial charge is 0.220 e. The first-order valence-electron chi connectivity index (χ1n) is 7.98. The van der Waals surface area contributed by atoms with Gasteiger partial charge < -0.3 is 10.1 Å². The highest BCUT2D eigenvalue weighted by molar-refractivity contribution is 9.09. The maximum atomic E-state index is 12.3. The lowest BCUT2D eigenvalue weighted by atomic mass is 9.49. The van der Waals surface area contributed by atoms with E-state index in [1.807, 2.05) is 0 Å². The molecule has 4 rings (SSSR count). The summed E-state index contributed by atoms with van der Waals surface area (Å²) in [5, 5.41) is 3.08. The highest BCUT2D eigenvalue weighted by Crippen LogP contribution is 2.61. The Kier molecular flexibility index (Phi) is 4.42. The van der Waals surface area contributed by atoms with Crippen molar-refractivity contribution >= 4 is 21.8 Å². The summed E-state index contributed by atoms with van der Waals surface area (Å²) >= 11 is 3.52. The van der Waals surface area contributed by atoms with Gasteiger partial charge in [-0.15, -0.1) is 0 Å². The van der Waals surface area contributed by atoms with Gasteiger partial charge in [0.05, 0.1) is 11.4 Å². The maximum Gasteiger partial charge on any atom is 0.220 e. The van der Waals surface area contributed by atoms with Gasteiger partial charge in [0.2, 0.25) is 5.91 Å². The second-order valence-electron chi connectivity index (χ2n) is 7.45. The molecule has 0 aliphatic heterocycles. The van der Waals surface area contributed by atoms with E-state index in [9.17, 15) is 4.79 Å². The van der Waals surface area contributed by atoms with Gasteiger partial charge in [-0.3, -0.25) is 4.79 Å². The molecule has 1 N–H and O–H groups in total. The maximum absolute atomic E-state index is 12.3. The van der Waals surface area contributed by atoms with Crippen molar-refractivity contribution in [2.75, 3.05) is 20.3 Å². The van der Waals surface area contributed by atoms with Crippen LogP contribution in [0.15, 0.2) is 0 Å². The summed E-state index contributed by atoms with van der Waals surface area (Å²) in [4.78, 5) is 12.5. The van der Waals surface area contributed by atoms with E-state index >= 15 is 0 Å². The zero-order chi connectivity index (χ0) is 14.2. The highest BCUT2D eigenvalue weighted by atomic mass is 79.9. The van der Waals surface area contributed by atoms with Gasteiger partial charge in [0.1, 0.15) is 0 Å². The Bertz CT molecular complexity index is 336. The Hall–Kier alpha value is -0.0900. The molecule has 4 bridgehead atoms. The van der Waals surface area contributed by atoms with Crippen LogP contribution in [0.1, 0.15) is 44.9 Å². The van der Waals surface area contributed by atoms with Crippen molar-refractivity contribution in [2.45, 2.75) is 49.8 Å². The van der Waals surface area contributed by atoms with Crippen LogP contribution >= 0.6 is 15.9 Å². The minimum Gasteiger partial charge on any atom is -0.383 e. The van der Waals surface area contributed by atoms with Crippen molar-refractivity contribution in [3.63, 3.8) is 0 Å². The zero-order valence-corrected chi connectivity index (χ0v) is 14.0. The lowest BCUT2D eigenvalue weighted by molar-refractivity contribution is -0.129. The summed E-state index contributed by atoms with van der Waals surface area (Å²) in [6.45, 7) is 1.30. The van der Waals surface area contributed by atoms with Gasteiger partial charge in [-0.2, -0.15) is 0 Å². The third-order valence-electron chi connectivity index (χ3n) is 5.57. The fraction of sp³-hybridized carbons (Fsp3) is 0.938. The number of rotatable bonds is 6. The number of ether oxygens (including phenoxy) is 1. The van der Waals surface area contributed by atoms with Crippen molar-refractivity contribution in [3.8, 4) is 0 Å². The number of hydrogen-bond donors (Lipinski definition) is 1. The van der Waals surface area contributed by atoms with Crippen LogP contribution in [0.4, 0.5) is 0 Å². The van der Waals surface area contributed by atoms with E-state index < -0.39 is 0 Å². The first-order valence-corrected chi connectivity index (χ1v) is 8.90. The molecule has 1 atom stereocenters. The average Bonchev–Trinajstić information content (AvgIpc) is 2.34. The summed E-state index contributed by atoms with van der Waals surface area (Å²) < 4.78 is 5.07. The number of nitrogens with one attached hydrogen (secondary N) is 1. The van der Waals surface area contributed by atoms with Crippen LogP contribution in [0.5, 0.6) is 0 Å². The lowest BCUT2D eigenvalue weighted by Gasteiger charge is -2.56. The number of carbonyl (C=O) groups is 1. The molecular formula is C16H26BrNO2. The number of carbonyl (C=O) groups excluding carboxylic acids is 1. The molecule has 4 aliphatic carbocycles. The monoisotopic (exact) mass is 343 g/mol. The Labute approximate surface area is 130 Å². The predicted octanol–water partition coefficient (Wildman–Crippen LogP) is 3.12. The van der Waals surface area contributed by atoms with Crippen LogP contribution in [0, 0.1) is 23.2 Å². The fourth-order valence-corrected chi connectivity index (χ4v) is 5.80. The quantitative estimate of drug-likeness (QED) is 0.752. The van der Waals surface area contributed by atoms with Gasteiger partial charge in [-0.25, -0.2) is 0 Å². The number of alkyl halides is 1. The largest absolute Gasteiger partial charge is 0.383 e. The topological polar surface area (TPSA) is 38.3 Å². The SMILES string of the molecule is COCC(Br)CNC(=O)CC12CC3CC(CC(C3)C1)C2. The third kappa shape index (κ3) is 3.22. The Morgan fingerprint density at radius 2 is 1.80 bits per heavy atom. The van der Waals surface area contributed by atoms with E-state index in [1.165, 1.54) is 38.5 Å². The molecule has 0 aromatic rings. The van der Waals surface area contributed by atoms with E-state index in [4.69, 9.17) is 4.74 Å². The summed E-state index contributed by atoms with van der Waals surface area (Å²) in [5.74, 6) is 3.01. The van der Waals surface area contributed by atoms with Crippen molar-refractivity contribution in [1.29, 1.82) is 0 Å². The van der Waals surface area contributed by atoms with Crippen LogP contribution in [-0.2, 0) is 9.53 Å². The molecule has 20 heavy (non-hydrogen) atoms. The van der Waals surface area contributed by atoms with Gasteiger partial charge in [-0.05, 0) is 61.7 Å². The van der Waals surface area contributed by atoms with Crippen LogP contribution in [0.3, 0.4) is 0 Å². The minimum absolute atomic E-state index is 0.216. The molecule has 0 heterocycles. The van der Waals surface area contributed by atoms with E-state index in [1.54, 1.807) is 7.11 Å². The normalized spacial score (nSPS) is 39.8. The van der Waals surface area contributed by atoms with Crippen molar-refractivity contribution < 1.29 is 9.53 Å². The van der Waals surface area contributed by atoms with Gasteiger partial charge in [0, 0.05) is 20.1 Å². The molecule has 0 aromatic carbocycles. The van der Waals surface area contributed by atoms with Gasteiger partial charge in [-0.1, -0.05) is 15.9 Å². The van der Waals surface area contributed by atoms with Gasteiger partial charge in [0.15, 0.2) is 0 Å². The molecule has 4 saturated carbocycles. The van der Waals surface area contributed by atoms with Crippen molar-refractivity contribution in [2.24, 2.45) is 23.2 Å². The van der Waals surface area contributed by atoms with E-state index in [2.05, 4.69) is 21.2 Å². The van der Waals surface area contributed by atoms with Crippen molar-refractivity contribution in [3.05, 3.63) is 0 Å². The third-order valence-corrected chi connectivity index (χ3v) is 6.16. The molecule has 0 radical (unpaired) electrons. The molecule has 3 nitrogen and oxygen atoms in total. The molecule has 114 valence electrons. The number of halogens is 1. The molecule has 1 amide bonds. The van der Waals surface area contributed by atoms with Gasteiger partial charge in [0.25, 0.3) is 0 Å². The lowest BCUT2D eigenvalue weighted by Crippen LogP contribution is -2.48. The summed E-state index contributed by atoms with van der Waals surface area (Å²) in [5.41, 5.74) is 0.349. The van der Waals surface area contributed by atoms with Crippen LogP contribution < -0.4 is 5.32 Å². The molecule has 4 aliphatic rings. The Balaban J connectivity index is 1.51. The second kappa shape index (κ2) is 5.96. The molecular weight excluding hydrogens is 318 g/mol. The average molecular weight is 344 g/mol. The Morgan fingerprint density at radius 3 is 2.30 bits per heavy atom. The standard InChI is InChI=1S/C16H26BrNO2/c1-20-10-14(17)9-18-15(19)8-16-5-11-2-12(6-16)4-13(3-11)7-16/h11-14H,2-10H2,1H3,(H,18,19). The fourth-order valence-electron chi connectivity index (χ4n) is 5.37. The minimum atomic E-state index is 0.216. The van der Waals surface area contributed by atoms with Gasteiger partial charge >= 0.3 is 0 Å². The second-order valence-corrected chi connectivity index (χ2v) is 8.75. The number of hydrogen-bond acceptors (Lipinski definition) is 2. The van der Waals surface area contributed by atoms with E-state index in [-0.39, 0.29) is 10.7 Å². The van der Waals surface area contributed by atoms with E-state index in [0.29, 0.717) is 18.6 Å². The zero-order valence-electron chi connectivity index (χ0n) is 12.4. The summed E-state index contributed by atoms with van der Waals surface area (Å²) in [7, 11) is 1.69. The molecule has 0 aromatic heterocycles. The molecule has 4 heteroatoms.